The molecule has 27 heavy (non-hydrogen) atoms. The number of methoxy groups -OCH3 is 1. The Labute approximate surface area is 159 Å². The fourth-order valence-corrected chi connectivity index (χ4v) is 3.28. The van der Waals surface area contributed by atoms with Crippen molar-refractivity contribution in [2.24, 2.45) is 0 Å². The molecule has 1 amide bonds. The minimum atomic E-state index is -0.183. The van der Waals surface area contributed by atoms with Crippen molar-refractivity contribution in [2.75, 3.05) is 7.11 Å². The first-order valence-electron chi connectivity index (χ1n) is 9.26. The van der Waals surface area contributed by atoms with Crippen LogP contribution in [0.1, 0.15) is 53.5 Å². The predicted octanol–water partition coefficient (Wildman–Crippen LogP) is 4.25. The molecule has 0 bridgehead atoms. The fraction of sp³-hybridized carbons (Fsp3) is 0.273. The number of nitrogens with zero attached hydrogens (tertiary/aromatic N) is 2. The number of para-hydroxylation sites is 2. The monoisotopic (exact) mass is 361 g/mol. The van der Waals surface area contributed by atoms with Crippen molar-refractivity contribution in [3.63, 3.8) is 0 Å². The third kappa shape index (κ3) is 3.58. The van der Waals surface area contributed by atoms with Crippen molar-refractivity contribution < 1.29 is 9.53 Å². The maximum Gasteiger partial charge on any atom is 0.270 e. The number of carbonyl (C=O) groups excluding carboxylic acids is 1. The summed E-state index contributed by atoms with van der Waals surface area (Å²) in [6.07, 6.45) is 2.29. The Morgan fingerprint density at radius 1 is 1.15 bits per heavy atom. The number of nitrogens with one attached hydrogen (secondary N) is 1. The van der Waals surface area contributed by atoms with Crippen LogP contribution in [0.4, 0.5) is 0 Å². The minimum absolute atomic E-state index is 0.142. The van der Waals surface area contributed by atoms with Gasteiger partial charge in [-0.25, -0.2) is 4.68 Å². The molecule has 1 saturated carbocycles. The molecule has 0 aliphatic heterocycles. The Balaban J connectivity index is 1.63. The average molecular weight is 361 g/mol. The Bertz CT molecular complexity index is 945. The van der Waals surface area contributed by atoms with Gasteiger partial charge in [0.2, 0.25) is 0 Å². The van der Waals surface area contributed by atoms with Crippen LogP contribution in [-0.4, -0.2) is 22.8 Å². The van der Waals surface area contributed by atoms with Gasteiger partial charge in [0, 0.05) is 11.5 Å². The van der Waals surface area contributed by atoms with Crippen LogP contribution in [0.25, 0.3) is 5.69 Å². The number of hydrogen-bond acceptors (Lipinski definition) is 3. The van der Waals surface area contributed by atoms with Crippen molar-refractivity contribution in [3.05, 3.63) is 77.6 Å². The van der Waals surface area contributed by atoms with Crippen LogP contribution in [0, 0.1) is 0 Å². The van der Waals surface area contributed by atoms with E-state index in [0.29, 0.717) is 11.6 Å². The maximum absolute atomic E-state index is 13.1. The van der Waals surface area contributed by atoms with Gasteiger partial charge in [-0.1, -0.05) is 36.4 Å². The zero-order chi connectivity index (χ0) is 18.8. The van der Waals surface area contributed by atoms with E-state index in [1.54, 1.807) is 11.8 Å². The van der Waals surface area contributed by atoms with Gasteiger partial charge in [-0.2, -0.15) is 5.10 Å². The van der Waals surface area contributed by atoms with E-state index in [4.69, 9.17) is 9.84 Å². The highest BCUT2D eigenvalue weighted by molar-refractivity contribution is 5.93. The summed E-state index contributed by atoms with van der Waals surface area (Å²) in [6, 6.07) is 19.3. The van der Waals surface area contributed by atoms with E-state index in [0.717, 1.165) is 35.5 Å². The van der Waals surface area contributed by atoms with Crippen molar-refractivity contribution in [1.29, 1.82) is 0 Å². The molecule has 138 valence electrons. The second kappa shape index (κ2) is 7.27. The number of amides is 1. The summed E-state index contributed by atoms with van der Waals surface area (Å²) in [5.41, 5.74) is 3.39. The van der Waals surface area contributed by atoms with Crippen LogP contribution in [0.5, 0.6) is 5.75 Å². The average Bonchev–Trinajstić information content (AvgIpc) is 3.46. The second-order valence-corrected chi connectivity index (χ2v) is 6.91. The van der Waals surface area contributed by atoms with Gasteiger partial charge in [0.25, 0.3) is 5.91 Å². The van der Waals surface area contributed by atoms with Gasteiger partial charge >= 0.3 is 0 Å². The molecule has 1 aliphatic carbocycles. The molecule has 1 aromatic heterocycles. The smallest absolute Gasteiger partial charge is 0.270 e. The lowest BCUT2D eigenvalue weighted by Gasteiger charge is -2.17. The summed E-state index contributed by atoms with van der Waals surface area (Å²) >= 11 is 0. The van der Waals surface area contributed by atoms with Gasteiger partial charge < -0.3 is 10.1 Å². The molecule has 1 atom stereocenters. The SMILES string of the molecule is COc1ccccc1[C@@H](C)NC(=O)c1cc(C2CC2)nn1-c1ccccc1. The lowest BCUT2D eigenvalue weighted by Crippen LogP contribution is -2.28. The summed E-state index contributed by atoms with van der Waals surface area (Å²) in [7, 11) is 1.64. The lowest BCUT2D eigenvalue weighted by atomic mass is 10.1. The third-order valence-corrected chi connectivity index (χ3v) is 4.91. The van der Waals surface area contributed by atoms with Gasteiger partial charge in [-0.3, -0.25) is 4.79 Å². The Morgan fingerprint density at radius 3 is 2.56 bits per heavy atom. The van der Waals surface area contributed by atoms with Gasteiger partial charge in [-0.15, -0.1) is 0 Å². The standard InChI is InChI=1S/C22H23N3O2/c1-15(18-10-6-7-11-21(18)27-2)23-22(26)20-14-19(16-12-13-16)24-25(20)17-8-4-3-5-9-17/h3-11,14-16H,12-13H2,1-2H3,(H,23,26)/t15-/m1/s1. The van der Waals surface area contributed by atoms with Crippen molar-refractivity contribution in [2.45, 2.75) is 31.7 Å². The number of aromatic nitrogens is 2. The topological polar surface area (TPSA) is 56.1 Å². The highest BCUT2D eigenvalue weighted by Crippen LogP contribution is 2.39. The zero-order valence-electron chi connectivity index (χ0n) is 15.6. The van der Waals surface area contributed by atoms with E-state index in [1.165, 1.54) is 0 Å². The van der Waals surface area contributed by atoms with Gasteiger partial charge in [-0.05, 0) is 44.0 Å². The van der Waals surface area contributed by atoms with E-state index in [1.807, 2.05) is 67.6 Å². The summed E-state index contributed by atoms with van der Waals surface area (Å²) in [4.78, 5) is 13.1. The van der Waals surface area contributed by atoms with Crippen LogP contribution in [0.3, 0.4) is 0 Å². The lowest BCUT2D eigenvalue weighted by molar-refractivity contribution is 0.0931. The molecule has 3 aromatic rings. The van der Waals surface area contributed by atoms with Gasteiger partial charge in [0.1, 0.15) is 11.4 Å². The zero-order valence-corrected chi connectivity index (χ0v) is 15.6. The summed E-state index contributed by atoms with van der Waals surface area (Å²) in [5.74, 6) is 1.10. The molecule has 0 saturated heterocycles. The molecular formula is C22H23N3O2. The van der Waals surface area contributed by atoms with Gasteiger partial charge in [0.05, 0.1) is 24.5 Å². The van der Waals surface area contributed by atoms with E-state index in [2.05, 4.69) is 5.32 Å². The van der Waals surface area contributed by atoms with Crippen LogP contribution >= 0.6 is 0 Å². The van der Waals surface area contributed by atoms with Crippen LogP contribution in [0.15, 0.2) is 60.7 Å². The molecule has 1 aliphatic rings. The van der Waals surface area contributed by atoms with Crippen molar-refractivity contribution in [1.82, 2.24) is 15.1 Å². The van der Waals surface area contributed by atoms with Gasteiger partial charge in [0.15, 0.2) is 0 Å². The molecule has 1 fully saturated rings. The highest BCUT2D eigenvalue weighted by atomic mass is 16.5. The molecule has 5 heteroatoms. The van der Waals surface area contributed by atoms with E-state index < -0.39 is 0 Å². The number of benzene rings is 2. The molecule has 5 nitrogen and oxygen atoms in total. The Kier molecular flexibility index (Phi) is 4.67. The summed E-state index contributed by atoms with van der Waals surface area (Å²) in [5, 5.41) is 7.80. The molecule has 0 spiro atoms. The summed E-state index contributed by atoms with van der Waals surface area (Å²) < 4.78 is 7.17. The molecule has 0 radical (unpaired) electrons. The molecular weight excluding hydrogens is 338 g/mol. The Morgan fingerprint density at radius 2 is 1.85 bits per heavy atom. The van der Waals surface area contributed by atoms with Crippen molar-refractivity contribution in [3.8, 4) is 11.4 Å². The first-order valence-corrected chi connectivity index (χ1v) is 9.26. The number of hydrogen-bond donors (Lipinski definition) is 1. The predicted molar refractivity (Wildman–Crippen MR) is 104 cm³/mol. The molecule has 4 rings (SSSR count). The fourth-order valence-electron chi connectivity index (χ4n) is 3.28. The summed E-state index contributed by atoms with van der Waals surface area (Å²) in [6.45, 7) is 1.96. The molecule has 1 N–H and O–H groups in total. The normalized spacial score (nSPS) is 14.6. The highest BCUT2D eigenvalue weighted by Gasteiger charge is 2.29. The Hall–Kier alpha value is -3.08. The molecule has 1 heterocycles. The first-order chi connectivity index (χ1) is 13.2. The van der Waals surface area contributed by atoms with Crippen molar-refractivity contribution >= 4 is 5.91 Å². The van der Waals surface area contributed by atoms with Crippen LogP contribution in [0.2, 0.25) is 0 Å². The maximum atomic E-state index is 13.1. The van der Waals surface area contributed by atoms with Crippen LogP contribution in [-0.2, 0) is 0 Å². The molecule has 0 unspecified atom stereocenters. The molecule has 2 aromatic carbocycles. The number of rotatable bonds is 6. The van der Waals surface area contributed by atoms with E-state index >= 15 is 0 Å². The second-order valence-electron chi connectivity index (χ2n) is 6.91. The van der Waals surface area contributed by atoms with Crippen LogP contribution < -0.4 is 10.1 Å². The van der Waals surface area contributed by atoms with E-state index in [-0.39, 0.29) is 11.9 Å². The van der Waals surface area contributed by atoms with E-state index in [9.17, 15) is 4.79 Å². The number of carbonyl (C=O) groups is 1. The quantitative estimate of drug-likeness (QED) is 0.714. The largest absolute Gasteiger partial charge is 0.496 e. The number of ether oxygens (including phenoxy) is 1. The third-order valence-electron chi connectivity index (χ3n) is 4.91. The first kappa shape index (κ1) is 17.3. The minimum Gasteiger partial charge on any atom is -0.496 e.